The molecule has 0 aliphatic heterocycles. The van der Waals surface area contributed by atoms with E-state index in [2.05, 4.69) is 0 Å². The van der Waals surface area contributed by atoms with Crippen LogP contribution < -0.4 is 4.90 Å². The average Bonchev–Trinajstić information content (AvgIpc) is 2.50. The Morgan fingerprint density at radius 2 is 1.95 bits per heavy atom. The maximum Gasteiger partial charge on any atom is 0.293 e. The van der Waals surface area contributed by atoms with Gasteiger partial charge in [-0.25, -0.2) is 4.39 Å². The van der Waals surface area contributed by atoms with Crippen LogP contribution in [0.5, 0.6) is 0 Å². The SMILES string of the molecule is CCN(c1ccccc1F)c1ccc(CO)cc1[N+](=O)[O-]. The van der Waals surface area contributed by atoms with Crippen LogP contribution in [0.1, 0.15) is 12.5 Å². The fraction of sp³-hybridized carbons (Fsp3) is 0.200. The molecule has 2 aromatic rings. The zero-order chi connectivity index (χ0) is 15.4. The van der Waals surface area contributed by atoms with Gasteiger partial charge < -0.3 is 10.0 Å². The van der Waals surface area contributed by atoms with Crippen molar-refractivity contribution in [1.82, 2.24) is 0 Å². The van der Waals surface area contributed by atoms with Crippen molar-refractivity contribution >= 4 is 17.1 Å². The minimum absolute atomic E-state index is 0.161. The number of benzene rings is 2. The maximum absolute atomic E-state index is 13.9. The molecule has 0 saturated heterocycles. The smallest absolute Gasteiger partial charge is 0.293 e. The van der Waals surface area contributed by atoms with E-state index in [1.54, 1.807) is 31.2 Å². The van der Waals surface area contributed by atoms with E-state index in [0.29, 0.717) is 17.8 Å². The topological polar surface area (TPSA) is 66.6 Å². The van der Waals surface area contributed by atoms with Crippen molar-refractivity contribution in [3.05, 3.63) is 64.0 Å². The Morgan fingerprint density at radius 3 is 2.52 bits per heavy atom. The normalized spacial score (nSPS) is 10.4. The first kappa shape index (κ1) is 14.9. The summed E-state index contributed by atoms with van der Waals surface area (Å²) in [6.45, 7) is 1.88. The van der Waals surface area contributed by atoms with Crippen molar-refractivity contribution in [3.63, 3.8) is 0 Å². The lowest BCUT2D eigenvalue weighted by atomic mass is 10.1. The molecule has 0 bridgehead atoms. The number of nitro benzene ring substituents is 1. The largest absolute Gasteiger partial charge is 0.392 e. The van der Waals surface area contributed by atoms with Gasteiger partial charge in [-0.05, 0) is 30.7 Å². The number of aliphatic hydroxyl groups is 1. The molecule has 5 nitrogen and oxygen atoms in total. The Balaban J connectivity index is 2.57. The van der Waals surface area contributed by atoms with E-state index < -0.39 is 10.7 Å². The predicted octanol–water partition coefficient (Wildman–Crippen LogP) is 3.38. The Bertz CT molecular complexity index is 661. The van der Waals surface area contributed by atoms with Crippen molar-refractivity contribution in [2.45, 2.75) is 13.5 Å². The third kappa shape index (κ3) is 3.00. The van der Waals surface area contributed by atoms with Crippen molar-refractivity contribution in [2.24, 2.45) is 0 Å². The summed E-state index contributed by atoms with van der Waals surface area (Å²) in [5.41, 5.74) is 0.853. The Morgan fingerprint density at radius 1 is 1.24 bits per heavy atom. The second-order valence-corrected chi connectivity index (χ2v) is 4.43. The zero-order valence-corrected chi connectivity index (χ0v) is 11.5. The predicted molar refractivity (Wildman–Crippen MR) is 78.1 cm³/mol. The lowest BCUT2D eigenvalue weighted by Gasteiger charge is -2.23. The van der Waals surface area contributed by atoms with Gasteiger partial charge >= 0.3 is 0 Å². The summed E-state index contributed by atoms with van der Waals surface area (Å²) in [4.78, 5) is 12.2. The number of hydrogen-bond acceptors (Lipinski definition) is 4. The number of nitrogens with zero attached hydrogens (tertiary/aromatic N) is 2. The van der Waals surface area contributed by atoms with E-state index in [0.717, 1.165) is 0 Å². The van der Waals surface area contributed by atoms with Crippen LogP contribution in [0.15, 0.2) is 42.5 Å². The number of nitro groups is 1. The van der Waals surface area contributed by atoms with Gasteiger partial charge in [-0.3, -0.25) is 10.1 Å². The molecule has 0 spiro atoms. The first-order valence-electron chi connectivity index (χ1n) is 6.48. The van der Waals surface area contributed by atoms with Gasteiger partial charge in [-0.15, -0.1) is 0 Å². The molecule has 0 fully saturated rings. The van der Waals surface area contributed by atoms with Crippen molar-refractivity contribution in [3.8, 4) is 0 Å². The molecule has 0 unspecified atom stereocenters. The highest BCUT2D eigenvalue weighted by Crippen LogP contribution is 2.35. The molecule has 6 heteroatoms. The van der Waals surface area contributed by atoms with E-state index in [1.807, 2.05) is 0 Å². The third-order valence-corrected chi connectivity index (χ3v) is 3.17. The number of hydrogen-bond donors (Lipinski definition) is 1. The highest BCUT2D eigenvalue weighted by molar-refractivity contribution is 5.72. The van der Waals surface area contributed by atoms with Gasteiger partial charge in [0.25, 0.3) is 5.69 Å². The van der Waals surface area contributed by atoms with E-state index in [1.165, 1.54) is 23.1 Å². The highest BCUT2D eigenvalue weighted by Gasteiger charge is 2.22. The monoisotopic (exact) mass is 290 g/mol. The highest BCUT2D eigenvalue weighted by atomic mass is 19.1. The molecule has 2 aromatic carbocycles. The Labute approximate surface area is 121 Å². The summed E-state index contributed by atoms with van der Waals surface area (Å²) in [6.07, 6.45) is 0. The molecule has 0 aliphatic rings. The van der Waals surface area contributed by atoms with Gasteiger partial charge in [0.15, 0.2) is 0 Å². The molecular formula is C15H15FN2O3. The number of rotatable bonds is 5. The summed E-state index contributed by atoms with van der Waals surface area (Å²) in [5.74, 6) is -0.445. The number of aliphatic hydroxyl groups excluding tert-OH is 1. The number of anilines is 2. The van der Waals surface area contributed by atoms with Gasteiger partial charge in [0.1, 0.15) is 11.5 Å². The van der Waals surface area contributed by atoms with Gasteiger partial charge in [0, 0.05) is 12.6 Å². The summed E-state index contributed by atoms with van der Waals surface area (Å²) < 4.78 is 13.9. The lowest BCUT2D eigenvalue weighted by molar-refractivity contribution is -0.384. The molecule has 0 aliphatic carbocycles. The van der Waals surface area contributed by atoms with Crippen LogP contribution in [0.4, 0.5) is 21.5 Å². The van der Waals surface area contributed by atoms with Crippen molar-refractivity contribution < 1.29 is 14.4 Å². The summed E-state index contributed by atoms with van der Waals surface area (Å²) in [7, 11) is 0. The third-order valence-electron chi connectivity index (χ3n) is 3.17. The van der Waals surface area contributed by atoms with Gasteiger partial charge in [0.2, 0.25) is 0 Å². The minimum Gasteiger partial charge on any atom is -0.392 e. The summed E-state index contributed by atoms with van der Waals surface area (Å²) in [6, 6.07) is 10.5. The van der Waals surface area contributed by atoms with Gasteiger partial charge in [0.05, 0.1) is 17.2 Å². The van der Waals surface area contributed by atoms with Crippen LogP contribution in [0.2, 0.25) is 0 Å². The second-order valence-electron chi connectivity index (χ2n) is 4.43. The zero-order valence-electron chi connectivity index (χ0n) is 11.5. The van der Waals surface area contributed by atoms with Crippen LogP contribution in [-0.2, 0) is 6.61 Å². The maximum atomic E-state index is 13.9. The molecule has 21 heavy (non-hydrogen) atoms. The molecule has 0 atom stereocenters. The standard InChI is InChI=1S/C15H15FN2O3/c1-2-17(13-6-4-3-5-12(13)16)14-8-7-11(10-19)9-15(14)18(20)21/h3-9,19H,2,10H2,1H3. The summed E-state index contributed by atoms with van der Waals surface area (Å²) >= 11 is 0. The van der Waals surface area contributed by atoms with Gasteiger partial charge in [-0.2, -0.15) is 0 Å². The molecule has 0 radical (unpaired) electrons. The van der Waals surface area contributed by atoms with E-state index in [4.69, 9.17) is 5.11 Å². The van der Waals surface area contributed by atoms with Crippen LogP contribution in [-0.4, -0.2) is 16.6 Å². The second kappa shape index (κ2) is 6.32. The average molecular weight is 290 g/mol. The quantitative estimate of drug-likeness (QED) is 0.677. The molecule has 0 heterocycles. The Hall–Kier alpha value is -2.47. The Kier molecular flexibility index (Phi) is 4.49. The van der Waals surface area contributed by atoms with Crippen LogP contribution in [0, 0.1) is 15.9 Å². The van der Waals surface area contributed by atoms with Crippen molar-refractivity contribution in [1.29, 1.82) is 0 Å². The van der Waals surface area contributed by atoms with Crippen LogP contribution >= 0.6 is 0 Å². The van der Waals surface area contributed by atoms with Crippen LogP contribution in [0.25, 0.3) is 0 Å². The van der Waals surface area contributed by atoms with Gasteiger partial charge in [-0.1, -0.05) is 18.2 Å². The molecule has 0 aromatic heterocycles. The molecule has 1 N–H and O–H groups in total. The van der Waals surface area contributed by atoms with E-state index in [9.17, 15) is 14.5 Å². The summed E-state index contributed by atoms with van der Waals surface area (Å²) in [5, 5.41) is 20.3. The molecule has 2 rings (SSSR count). The van der Waals surface area contributed by atoms with Crippen molar-refractivity contribution in [2.75, 3.05) is 11.4 Å². The fourth-order valence-corrected chi connectivity index (χ4v) is 2.18. The lowest BCUT2D eigenvalue weighted by Crippen LogP contribution is -2.18. The minimum atomic E-state index is -0.530. The molecule has 0 saturated carbocycles. The molecular weight excluding hydrogens is 275 g/mol. The van der Waals surface area contributed by atoms with E-state index in [-0.39, 0.29) is 18.0 Å². The molecule has 110 valence electrons. The number of halogens is 1. The first-order valence-corrected chi connectivity index (χ1v) is 6.48. The number of para-hydroxylation sites is 1. The fourth-order valence-electron chi connectivity index (χ4n) is 2.18. The molecule has 0 amide bonds. The van der Waals surface area contributed by atoms with E-state index >= 15 is 0 Å². The first-order chi connectivity index (χ1) is 10.1. The van der Waals surface area contributed by atoms with Crippen LogP contribution in [0.3, 0.4) is 0 Å².